The third-order valence-electron chi connectivity index (χ3n) is 4.20. The maximum atomic E-state index is 5.37. The van der Waals surface area contributed by atoms with Crippen LogP contribution in [0, 0.1) is 0 Å². The Morgan fingerprint density at radius 2 is 1.43 bits per heavy atom. The molecule has 1 heterocycles. The van der Waals surface area contributed by atoms with Gasteiger partial charge in [0, 0.05) is 26.2 Å². The number of anilines is 3. The fourth-order valence-electron chi connectivity index (χ4n) is 2.58. The summed E-state index contributed by atoms with van der Waals surface area (Å²) < 4.78 is 0. The van der Waals surface area contributed by atoms with Crippen molar-refractivity contribution in [2.24, 2.45) is 11.5 Å². The molecule has 0 aliphatic carbocycles. The second-order valence-electron chi connectivity index (χ2n) is 6.46. The molecule has 10 heteroatoms. The van der Waals surface area contributed by atoms with Gasteiger partial charge in [-0.05, 0) is 33.1 Å². The molecule has 1 rings (SSSR count). The first-order valence-corrected chi connectivity index (χ1v) is 10.2. The van der Waals surface area contributed by atoms with E-state index in [0.717, 1.165) is 77.2 Å². The second-order valence-corrected chi connectivity index (χ2v) is 6.46. The molecule has 7 N–H and O–H groups in total. The fourth-order valence-corrected chi connectivity index (χ4v) is 2.58. The van der Waals surface area contributed by atoms with E-state index in [1.54, 1.807) is 0 Å². The molecule has 0 aliphatic heterocycles. The van der Waals surface area contributed by atoms with Crippen LogP contribution in [0.4, 0.5) is 17.8 Å². The lowest BCUT2D eigenvalue weighted by atomic mass is 10.2. The number of guanidine groups is 1. The zero-order valence-corrected chi connectivity index (χ0v) is 19.2. The minimum Gasteiger partial charge on any atom is -1.00 e. The number of nitrogens with one attached hydrogen (secondary N) is 3. The lowest BCUT2D eigenvalue weighted by Gasteiger charge is -2.20. The molecule has 0 aromatic carbocycles. The quantitative estimate of drug-likeness (QED) is 0.108. The highest BCUT2D eigenvalue weighted by molar-refractivity contribution is 5.69. The van der Waals surface area contributed by atoms with Gasteiger partial charge < -0.3 is 32.5 Å². The van der Waals surface area contributed by atoms with Crippen LogP contribution in [-0.2, 0) is 0 Å². The molecule has 0 aliphatic rings. The molecule has 0 radical (unpaired) electrons. The zero-order valence-electron chi connectivity index (χ0n) is 17.6. The van der Waals surface area contributed by atoms with Gasteiger partial charge in [-0.15, -0.1) is 0 Å². The van der Waals surface area contributed by atoms with E-state index in [4.69, 9.17) is 11.5 Å². The van der Waals surface area contributed by atoms with Crippen LogP contribution >= 0.6 is 0 Å². The Balaban J connectivity index is 0.00000729. The van der Waals surface area contributed by atoms with Crippen molar-refractivity contribution < 1.29 is 22.0 Å². The molecule has 0 saturated carbocycles. The highest BCUT2D eigenvalue weighted by atomic mass is 79.9. The predicted molar refractivity (Wildman–Crippen MR) is 113 cm³/mol. The van der Waals surface area contributed by atoms with Crippen molar-refractivity contribution in [3.8, 4) is 0 Å². The molecule has 28 heavy (non-hydrogen) atoms. The monoisotopic (exact) mass is 459 g/mol. The summed E-state index contributed by atoms with van der Waals surface area (Å²) in [5.74, 6) is 2.29. The summed E-state index contributed by atoms with van der Waals surface area (Å²) >= 11 is 0. The normalized spacial score (nSPS) is 10.1. The molecule has 0 fully saturated rings. The van der Waals surface area contributed by atoms with E-state index in [1.165, 1.54) is 0 Å². The number of nitrogens with two attached hydrogens (primary N) is 2. The van der Waals surface area contributed by atoms with Gasteiger partial charge in [0.15, 0.2) is 0 Å². The number of unbranched alkanes of at least 4 members (excludes halogenated alkanes) is 4. The highest BCUT2D eigenvalue weighted by Gasteiger charge is 2.10. The molecule has 0 unspecified atom stereocenters. The van der Waals surface area contributed by atoms with Crippen molar-refractivity contribution in [2.45, 2.75) is 59.3 Å². The molecule has 0 atom stereocenters. The number of aromatic nitrogens is 3. The minimum atomic E-state index is 0. The molecule has 9 nitrogen and oxygen atoms in total. The summed E-state index contributed by atoms with van der Waals surface area (Å²) in [6.07, 6.45) is 6.62. The standard InChI is InChI=1S/C18H37N9.BrH/c1-4-7-12-22-16-24-17(26-18(25-16)27(5-2)6-3)23-14-11-9-8-10-13-21-15(19)20;/h4-14H2,1-3H3,(H4,19,20,21)(H2,22,23,24,25,26);1H. The Morgan fingerprint density at radius 3 is 1.96 bits per heavy atom. The van der Waals surface area contributed by atoms with Crippen LogP contribution in [0.5, 0.6) is 0 Å². The average Bonchev–Trinajstić information content (AvgIpc) is 2.65. The maximum Gasteiger partial charge on any atom is 0.338 e. The Bertz CT molecular complexity index is 546. The van der Waals surface area contributed by atoms with E-state index in [-0.39, 0.29) is 17.0 Å². The summed E-state index contributed by atoms with van der Waals surface area (Å²) in [4.78, 5) is 18.7. The van der Waals surface area contributed by atoms with Crippen molar-refractivity contribution in [1.29, 1.82) is 0 Å². The van der Waals surface area contributed by atoms with E-state index in [2.05, 4.69) is 56.2 Å². The first-order valence-electron chi connectivity index (χ1n) is 10.2. The Morgan fingerprint density at radius 1 is 0.857 bits per heavy atom. The number of hydrogen-bond acceptors (Lipinski definition) is 6. The van der Waals surface area contributed by atoms with Crippen LogP contribution in [0.2, 0.25) is 0 Å². The van der Waals surface area contributed by atoms with Gasteiger partial charge in [-0.2, -0.15) is 15.0 Å². The summed E-state index contributed by atoms with van der Waals surface area (Å²) in [7, 11) is 0. The van der Waals surface area contributed by atoms with Gasteiger partial charge in [-0.25, -0.2) is 0 Å². The van der Waals surface area contributed by atoms with Crippen molar-refractivity contribution in [3.63, 3.8) is 0 Å². The molecule has 0 amide bonds. The smallest absolute Gasteiger partial charge is 0.338 e. The molecular formula is C18H38BrN9. The predicted octanol–water partition coefficient (Wildman–Crippen LogP) is -2.74. The summed E-state index contributed by atoms with van der Waals surface area (Å²) in [5, 5.41) is 6.64. The van der Waals surface area contributed by atoms with E-state index in [0.29, 0.717) is 17.9 Å². The number of hydrogen-bond donors (Lipinski definition) is 5. The van der Waals surface area contributed by atoms with Crippen molar-refractivity contribution in [3.05, 3.63) is 0 Å². The lowest BCUT2D eigenvalue weighted by Crippen LogP contribution is -3.00. The number of halogens is 1. The molecule has 1 aromatic heterocycles. The van der Waals surface area contributed by atoms with Gasteiger partial charge in [0.2, 0.25) is 17.8 Å². The average molecular weight is 460 g/mol. The Kier molecular flexibility index (Phi) is 15.1. The van der Waals surface area contributed by atoms with Crippen LogP contribution in [0.3, 0.4) is 0 Å². The largest absolute Gasteiger partial charge is 1.00 e. The molecule has 1 aromatic rings. The second kappa shape index (κ2) is 16.1. The first-order chi connectivity index (χ1) is 13.1. The third kappa shape index (κ3) is 11.1. The topological polar surface area (TPSA) is 132 Å². The summed E-state index contributed by atoms with van der Waals surface area (Å²) in [6, 6.07) is 0. The fraction of sp³-hybridized carbons (Fsp3) is 0.778. The van der Waals surface area contributed by atoms with Crippen molar-refractivity contribution >= 4 is 23.8 Å². The van der Waals surface area contributed by atoms with Gasteiger partial charge in [0.1, 0.15) is 0 Å². The van der Waals surface area contributed by atoms with Gasteiger partial charge >= 0.3 is 5.96 Å². The van der Waals surface area contributed by atoms with Crippen LogP contribution in [-0.4, -0.2) is 53.6 Å². The number of nitrogens with zero attached hydrogens (tertiary/aromatic N) is 4. The summed E-state index contributed by atoms with van der Waals surface area (Å²) in [6.45, 7) is 10.7. The van der Waals surface area contributed by atoms with Crippen LogP contribution < -0.4 is 49.0 Å². The third-order valence-corrected chi connectivity index (χ3v) is 4.20. The summed E-state index contributed by atoms with van der Waals surface area (Å²) in [5.41, 5.74) is 10.7. The van der Waals surface area contributed by atoms with Crippen molar-refractivity contribution in [2.75, 3.05) is 48.3 Å². The maximum absolute atomic E-state index is 5.37. The van der Waals surface area contributed by atoms with Crippen molar-refractivity contribution in [1.82, 2.24) is 15.0 Å². The van der Waals surface area contributed by atoms with Crippen LogP contribution in [0.15, 0.2) is 0 Å². The van der Waals surface area contributed by atoms with E-state index in [1.807, 2.05) is 0 Å². The molecule has 162 valence electrons. The van der Waals surface area contributed by atoms with E-state index in [9.17, 15) is 0 Å². The van der Waals surface area contributed by atoms with E-state index >= 15 is 0 Å². The van der Waals surface area contributed by atoms with E-state index < -0.39 is 0 Å². The highest BCUT2D eigenvalue weighted by Crippen LogP contribution is 2.14. The minimum absolute atomic E-state index is 0. The Labute approximate surface area is 180 Å². The Hall–Kier alpha value is -1.84. The number of rotatable bonds is 15. The van der Waals surface area contributed by atoms with Gasteiger partial charge in [-0.3, -0.25) is 16.5 Å². The SMILES string of the molecule is CCCCNc1nc(NCCCCCC[NH+]=C(N)N)nc(N(CC)CC)n1.[Br-]. The van der Waals surface area contributed by atoms with Crippen LogP contribution in [0.1, 0.15) is 59.3 Å². The molecule has 0 bridgehead atoms. The first kappa shape index (κ1) is 26.2. The molecule has 0 spiro atoms. The van der Waals surface area contributed by atoms with Crippen LogP contribution in [0.25, 0.3) is 0 Å². The van der Waals surface area contributed by atoms with Gasteiger partial charge in [-0.1, -0.05) is 26.2 Å². The zero-order chi connectivity index (χ0) is 19.9. The lowest BCUT2D eigenvalue weighted by molar-refractivity contribution is -0.459. The van der Waals surface area contributed by atoms with Gasteiger partial charge in [0.05, 0.1) is 6.54 Å². The molecular weight excluding hydrogens is 422 g/mol. The molecule has 0 saturated heterocycles. The van der Waals surface area contributed by atoms with Gasteiger partial charge in [0.25, 0.3) is 0 Å².